The molecule has 0 amide bonds. The number of furan rings is 1. The number of halogens is 2. The lowest BCUT2D eigenvalue weighted by molar-refractivity contribution is 0.0991. The summed E-state index contributed by atoms with van der Waals surface area (Å²) in [5, 5.41) is 0.597. The average molecular weight is 328 g/mol. The van der Waals surface area contributed by atoms with Crippen LogP contribution < -0.4 is 0 Å². The molecule has 2 rings (SSSR count). The normalized spacial score (nSPS) is 10.6. The van der Waals surface area contributed by atoms with Crippen molar-refractivity contribution in [2.24, 2.45) is 0 Å². The topological polar surface area (TPSA) is 30.2 Å². The van der Waals surface area contributed by atoms with Crippen molar-refractivity contribution < 1.29 is 9.21 Å². The summed E-state index contributed by atoms with van der Waals surface area (Å²) < 4.78 is 6.16. The number of benzene rings is 1. The maximum atomic E-state index is 12.2. The van der Waals surface area contributed by atoms with E-state index in [0.717, 1.165) is 15.8 Å². The molecule has 0 fully saturated rings. The molecule has 2 aromatic rings. The van der Waals surface area contributed by atoms with Gasteiger partial charge in [0.25, 0.3) is 0 Å². The van der Waals surface area contributed by atoms with E-state index in [9.17, 15) is 4.79 Å². The van der Waals surface area contributed by atoms with Crippen molar-refractivity contribution in [3.05, 3.63) is 56.9 Å². The Hall–Kier alpha value is -1.06. The van der Waals surface area contributed by atoms with Crippen LogP contribution in [0.4, 0.5) is 0 Å². The van der Waals surface area contributed by atoms with E-state index < -0.39 is 0 Å². The van der Waals surface area contributed by atoms with E-state index in [1.807, 2.05) is 19.1 Å². The van der Waals surface area contributed by atoms with Crippen LogP contribution in [-0.2, 0) is 12.8 Å². The van der Waals surface area contributed by atoms with Gasteiger partial charge >= 0.3 is 0 Å². The van der Waals surface area contributed by atoms with Crippen LogP contribution in [0.15, 0.2) is 39.4 Å². The highest BCUT2D eigenvalue weighted by Crippen LogP contribution is 2.23. The van der Waals surface area contributed by atoms with Crippen molar-refractivity contribution in [1.82, 2.24) is 0 Å². The number of carbonyl (C=O) groups excluding carboxylic acids is 1. The summed E-state index contributed by atoms with van der Waals surface area (Å²) >= 11 is 9.44. The van der Waals surface area contributed by atoms with Crippen molar-refractivity contribution in [3.63, 3.8) is 0 Å². The van der Waals surface area contributed by atoms with Crippen molar-refractivity contribution in [2.45, 2.75) is 19.8 Å². The molecule has 1 aromatic carbocycles. The number of rotatable bonds is 4. The minimum absolute atomic E-state index is 0.0322. The van der Waals surface area contributed by atoms with E-state index in [-0.39, 0.29) is 5.78 Å². The van der Waals surface area contributed by atoms with Gasteiger partial charge < -0.3 is 4.42 Å². The highest BCUT2D eigenvalue weighted by atomic mass is 79.9. The maximum Gasteiger partial charge on any atom is 0.170 e. The summed E-state index contributed by atoms with van der Waals surface area (Å²) in [5.74, 6) is 0.762. The monoisotopic (exact) mass is 326 g/mol. The van der Waals surface area contributed by atoms with Crippen LogP contribution in [0, 0.1) is 0 Å². The molecular weight excluding hydrogens is 316 g/mol. The van der Waals surface area contributed by atoms with Crippen molar-refractivity contribution >= 4 is 33.3 Å². The number of hydrogen-bond donors (Lipinski definition) is 0. The van der Waals surface area contributed by atoms with E-state index in [2.05, 4.69) is 15.9 Å². The van der Waals surface area contributed by atoms with Crippen LogP contribution in [0.1, 0.15) is 28.6 Å². The fraction of sp³-hybridized carbons (Fsp3) is 0.214. The predicted molar refractivity (Wildman–Crippen MR) is 75.3 cm³/mol. The molecule has 0 atom stereocenters. The molecule has 18 heavy (non-hydrogen) atoms. The van der Waals surface area contributed by atoms with Crippen LogP contribution in [0.3, 0.4) is 0 Å². The van der Waals surface area contributed by atoms with Crippen LogP contribution in [-0.4, -0.2) is 5.78 Å². The lowest BCUT2D eigenvalue weighted by Crippen LogP contribution is -2.05. The van der Waals surface area contributed by atoms with Gasteiger partial charge in [-0.2, -0.15) is 0 Å². The van der Waals surface area contributed by atoms with Gasteiger partial charge in [-0.15, -0.1) is 0 Å². The number of aryl methyl sites for hydroxylation is 1. The third-order valence-corrected chi connectivity index (χ3v) is 3.58. The molecule has 1 heterocycles. The first-order valence-electron chi connectivity index (χ1n) is 5.65. The summed E-state index contributed by atoms with van der Waals surface area (Å²) in [5.41, 5.74) is 1.48. The summed E-state index contributed by atoms with van der Waals surface area (Å²) in [6, 6.07) is 7.24. The first kappa shape index (κ1) is 13.4. The number of ketones is 1. The molecule has 2 nitrogen and oxygen atoms in total. The van der Waals surface area contributed by atoms with Crippen LogP contribution in [0.2, 0.25) is 5.02 Å². The summed E-state index contributed by atoms with van der Waals surface area (Å²) in [7, 11) is 0. The zero-order chi connectivity index (χ0) is 13.1. The molecule has 94 valence electrons. The smallest absolute Gasteiger partial charge is 0.170 e. The van der Waals surface area contributed by atoms with Gasteiger partial charge in [0.2, 0.25) is 0 Å². The molecule has 0 N–H and O–H groups in total. The molecule has 0 saturated heterocycles. The Balaban J connectivity index is 2.21. The minimum Gasteiger partial charge on any atom is -0.469 e. The zero-order valence-corrected chi connectivity index (χ0v) is 12.2. The fourth-order valence-electron chi connectivity index (χ4n) is 1.80. The summed E-state index contributed by atoms with van der Waals surface area (Å²) in [4.78, 5) is 12.2. The Bertz CT molecular complexity index is 575. The van der Waals surface area contributed by atoms with Crippen molar-refractivity contribution in [2.75, 3.05) is 0 Å². The fourth-order valence-corrected chi connectivity index (χ4v) is 2.54. The third-order valence-electron chi connectivity index (χ3n) is 2.73. The van der Waals surface area contributed by atoms with E-state index in [1.165, 1.54) is 0 Å². The predicted octanol–water partition coefficient (Wildman–Crippen LogP) is 4.68. The van der Waals surface area contributed by atoms with E-state index in [1.54, 1.807) is 18.4 Å². The number of Topliss-reactive ketones (excluding diaryl/α,β-unsaturated/α-hetero) is 1. The van der Waals surface area contributed by atoms with E-state index in [0.29, 0.717) is 23.4 Å². The molecule has 0 aliphatic carbocycles. The molecular formula is C14H12BrClO2. The lowest BCUT2D eigenvalue weighted by atomic mass is 10.0. The summed E-state index contributed by atoms with van der Waals surface area (Å²) in [6.45, 7) is 1.96. The van der Waals surface area contributed by atoms with Crippen LogP contribution in [0.25, 0.3) is 0 Å². The molecule has 0 bridgehead atoms. The quantitative estimate of drug-likeness (QED) is 0.763. The first-order valence-corrected chi connectivity index (χ1v) is 6.82. The van der Waals surface area contributed by atoms with Crippen molar-refractivity contribution in [3.8, 4) is 0 Å². The second kappa shape index (κ2) is 5.72. The SMILES string of the molecule is CCc1occc1C(=O)Cc1ccc(Br)cc1Cl. The van der Waals surface area contributed by atoms with Gasteiger partial charge in [0, 0.05) is 22.3 Å². The Morgan fingerprint density at radius 1 is 1.39 bits per heavy atom. The van der Waals surface area contributed by atoms with Gasteiger partial charge in [-0.05, 0) is 23.8 Å². The number of carbonyl (C=O) groups is 1. The minimum atomic E-state index is 0.0322. The average Bonchev–Trinajstić information content (AvgIpc) is 2.81. The Kier molecular flexibility index (Phi) is 4.25. The van der Waals surface area contributed by atoms with Crippen LogP contribution in [0.5, 0.6) is 0 Å². The Morgan fingerprint density at radius 2 is 2.17 bits per heavy atom. The standard InChI is InChI=1S/C14H12BrClO2/c1-2-14-11(5-6-18-14)13(17)7-9-3-4-10(15)8-12(9)16/h3-6,8H,2,7H2,1H3. The van der Waals surface area contributed by atoms with Gasteiger partial charge in [-0.25, -0.2) is 0 Å². The molecule has 0 aliphatic heterocycles. The second-order valence-corrected chi connectivity index (χ2v) is 5.27. The molecule has 1 aromatic heterocycles. The molecule has 0 spiro atoms. The molecule has 4 heteroatoms. The first-order chi connectivity index (χ1) is 8.61. The van der Waals surface area contributed by atoms with Gasteiger partial charge in [-0.3, -0.25) is 4.79 Å². The Morgan fingerprint density at radius 3 is 2.83 bits per heavy atom. The second-order valence-electron chi connectivity index (χ2n) is 3.95. The summed E-state index contributed by atoms with van der Waals surface area (Å²) in [6.07, 6.45) is 2.55. The molecule has 0 aliphatic rings. The van der Waals surface area contributed by atoms with E-state index in [4.69, 9.17) is 16.0 Å². The van der Waals surface area contributed by atoms with Crippen molar-refractivity contribution in [1.29, 1.82) is 0 Å². The van der Waals surface area contributed by atoms with Crippen LogP contribution >= 0.6 is 27.5 Å². The molecule has 0 radical (unpaired) electrons. The largest absolute Gasteiger partial charge is 0.469 e. The zero-order valence-electron chi connectivity index (χ0n) is 9.87. The highest BCUT2D eigenvalue weighted by molar-refractivity contribution is 9.10. The Labute approximate surface area is 119 Å². The van der Waals surface area contributed by atoms with Gasteiger partial charge in [0.1, 0.15) is 5.76 Å². The third kappa shape index (κ3) is 2.85. The van der Waals surface area contributed by atoms with Gasteiger partial charge in [-0.1, -0.05) is 40.5 Å². The molecule has 0 saturated carbocycles. The number of hydrogen-bond acceptors (Lipinski definition) is 2. The lowest BCUT2D eigenvalue weighted by Gasteiger charge is -2.04. The maximum absolute atomic E-state index is 12.2. The van der Waals surface area contributed by atoms with Gasteiger partial charge in [0.15, 0.2) is 5.78 Å². The van der Waals surface area contributed by atoms with E-state index >= 15 is 0 Å². The van der Waals surface area contributed by atoms with Gasteiger partial charge in [0.05, 0.1) is 11.8 Å². The molecule has 0 unspecified atom stereocenters. The highest BCUT2D eigenvalue weighted by Gasteiger charge is 2.15.